The van der Waals surface area contributed by atoms with Crippen molar-refractivity contribution in [1.82, 2.24) is 14.5 Å². The highest BCUT2D eigenvalue weighted by Crippen LogP contribution is 2.24. The van der Waals surface area contributed by atoms with E-state index in [9.17, 15) is 13.2 Å². The molecule has 2 aromatic carbocycles. The molecule has 1 saturated heterocycles. The predicted molar refractivity (Wildman–Crippen MR) is 145 cm³/mol. The maximum absolute atomic E-state index is 13.6. The number of sulfone groups is 1. The van der Waals surface area contributed by atoms with Gasteiger partial charge in [-0.05, 0) is 54.7 Å². The van der Waals surface area contributed by atoms with Gasteiger partial charge in [0, 0.05) is 35.3 Å². The van der Waals surface area contributed by atoms with Gasteiger partial charge in [0.2, 0.25) is 15.0 Å². The summed E-state index contributed by atoms with van der Waals surface area (Å²) in [5.41, 5.74) is 1.70. The van der Waals surface area contributed by atoms with E-state index in [1.807, 2.05) is 13.8 Å². The highest BCUT2D eigenvalue weighted by molar-refractivity contribution is 7.90. The summed E-state index contributed by atoms with van der Waals surface area (Å²) in [5, 5.41) is 0.939. The molecule has 1 aliphatic heterocycles. The molecular weight excluding hydrogens is 533 g/mol. The summed E-state index contributed by atoms with van der Waals surface area (Å²) >= 11 is 12.2. The highest BCUT2D eigenvalue weighted by atomic mass is 35.5. The van der Waals surface area contributed by atoms with Crippen LogP contribution in [0, 0.1) is 5.92 Å². The van der Waals surface area contributed by atoms with E-state index in [2.05, 4.69) is 4.98 Å². The molecule has 10 heteroatoms. The number of nitrogens with zero attached hydrogens (tertiary/aromatic N) is 3. The van der Waals surface area contributed by atoms with E-state index in [0.717, 1.165) is 12.8 Å². The van der Waals surface area contributed by atoms with Crippen LogP contribution in [-0.4, -0.2) is 48.0 Å². The Morgan fingerprint density at radius 2 is 1.89 bits per heavy atom. The fraction of sp³-hybridized carbons (Fsp3) is 0.407. The van der Waals surface area contributed by atoms with Crippen molar-refractivity contribution in [2.24, 2.45) is 5.92 Å². The molecule has 1 unspecified atom stereocenters. The first kappa shape index (κ1) is 27.6. The number of benzene rings is 2. The van der Waals surface area contributed by atoms with Gasteiger partial charge in [0.1, 0.15) is 0 Å². The third kappa shape index (κ3) is 7.13. The van der Waals surface area contributed by atoms with E-state index in [1.165, 1.54) is 0 Å². The average Bonchev–Trinajstić information content (AvgIpc) is 3.48. The molecule has 1 aliphatic rings. The van der Waals surface area contributed by atoms with Gasteiger partial charge in [-0.2, -0.15) is 0 Å². The number of halogens is 2. The van der Waals surface area contributed by atoms with Gasteiger partial charge >= 0.3 is 0 Å². The van der Waals surface area contributed by atoms with Crippen LogP contribution in [0.2, 0.25) is 10.0 Å². The molecule has 2 heterocycles. The minimum Gasteiger partial charge on any atom is -0.376 e. The fourth-order valence-corrected chi connectivity index (χ4v) is 6.38. The van der Waals surface area contributed by atoms with Crippen molar-refractivity contribution in [3.63, 3.8) is 0 Å². The molecule has 1 atom stereocenters. The van der Waals surface area contributed by atoms with Crippen LogP contribution >= 0.6 is 23.2 Å². The minimum absolute atomic E-state index is 0.0107. The van der Waals surface area contributed by atoms with Crippen LogP contribution < -0.4 is 0 Å². The molecule has 4 rings (SSSR count). The summed E-state index contributed by atoms with van der Waals surface area (Å²) in [7, 11) is -3.77. The number of aromatic nitrogens is 2. The van der Waals surface area contributed by atoms with Crippen LogP contribution in [0.1, 0.15) is 48.3 Å². The quantitative estimate of drug-likeness (QED) is 0.318. The number of carbonyl (C=O) groups excluding carboxylic acids is 1. The van der Waals surface area contributed by atoms with Crippen molar-refractivity contribution >= 4 is 38.9 Å². The molecule has 37 heavy (non-hydrogen) atoms. The summed E-state index contributed by atoms with van der Waals surface area (Å²) in [5.74, 6) is -0.259. The maximum Gasteiger partial charge on any atom is 0.254 e. The predicted octanol–water partition coefficient (Wildman–Crippen LogP) is 5.64. The van der Waals surface area contributed by atoms with Gasteiger partial charge in [-0.15, -0.1) is 0 Å². The molecule has 1 amide bonds. The molecule has 0 spiro atoms. The van der Waals surface area contributed by atoms with Crippen LogP contribution in [0.3, 0.4) is 0 Å². The summed E-state index contributed by atoms with van der Waals surface area (Å²) in [6.07, 6.45) is 3.29. The standard InChI is InChI=1S/C27H31Cl2N3O4S/c1-19(2)15-32-24(14-30-27(32)37(34,35)18-20-6-3-8-22(28)12-20)16-31(17-25-10-5-11-36-25)26(33)21-7-4-9-23(29)13-21/h3-4,6-9,12-14,19,25H,5,10-11,15-18H2,1-2H3. The first-order chi connectivity index (χ1) is 17.6. The van der Waals surface area contributed by atoms with Gasteiger partial charge in [0.25, 0.3) is 5.91 Å². The van der Waals surface area contributed by atoms with Gasteiger partial charge in [-0.25, -0.2) is 13.4 Å². The zero-order chi connectivity index (χ0) is 26.6. The van der Waals surface area contributed by atoms with Crippen molar-refractivity contribution in [3.05, 3.63) is 81.6 Å². The van der Waals surface area contributed by atoms with Crippen molar-refractivity contribution in [1.29, 1.82) is 0 Å². The number of rotatable bonds is 10. The minimum atomic E-state index is -3.77. The first-order valence-corrected chi connectivity index (χ1v) is 14.7. The Balaban J connectivity index is 1.67. The van der Waals surface area contributed by atoms with Gasteiger partial charge in [0.15, 0.2) is 0 Å². The molecule has 7 nitrogen and oxygen atoms in total. The van der Waals surface area contributed by atoms with Crippen molar-refractivity contribution in [3.8, 4) is 0 Å². The number of hydrogen-bond donors (Lipinski definition) is 0. The van der Waals surface area contributed by atoms with Crippen molar-refractivity contribution < 1.29 is 17.9 Å². The molecule has 1 aromatic heterocycles. The van der Waals surface area contributed by atoms with E-state index < -0.39 is 9.84 Å². The van der Waals surface area contributed by atoms with E-state index in [4.69, 9.17) is 27.9 Å². The third-order valence-electron chi connectivity index (χ3n) is 6.13. The van der Waals surface area contributed by atoms with Crippen LogP contribution in [0.4, 0.5) is 0 Å². The lowest BCUT2D eigenvalue weighted by Gasteiger charge is -2.26. The number of amides is 1. The second-order valence-corrected chi connectivity index (χ2v) is 12.5. The largest absolute Gasteiger partial charge is 0.376 e. The van der Waals surface area contributed by atoms with Crippen molar-refractivity contribution in [2.45, 2.75) is 56.8 Å². The molecule has 1 fully saturated rings. The van der Waals surface area contributed by atoms with E-state index in [-0.39, 0.29) is 35.4 Å². The zero-order valence-electron chi connectivity index (χ0n) is 20.9. The highest BCUT2D eigenvalue weighted by Gasteiger charge is 2.28. The Morgan fingerprint density at radius 1 is 1.16 bits per heavy atom. The lowest BCUT2D eigenvalue weighted by molar-refractivity contribution is 0.0501. The molecule has 0 bridgehead atoms. The number of imidazole rings is 1. The first-order valence-electron chi connectivity index (χ1n) is 12.3. The van der Waals surface area contributed by atoms with E-state index in [0.29, 0.717) is 46.6 Å². The molecular formula is C27H31Cl2N3O4S. The Hall–Kier alpha value is -2.39. The van der Waals surface area contributed by atoms with Crippen LogP contribution in [0.25, 0.3) is 0 Å². The molecule has 0 saturated carbocycles. The third-order valence-corrected chi connectivity index (χ3v) is 8.20. The Bertz CT molecular complexity index is 1350. The fourth-order valence-electron chi connectivity index (χ4n) is 4.49. The molecule has 0 N–H and O–H groups in total. The maximum atomic E-state index is 13.6. The van der Waals surface area contributed by atoms with E-state index >= 15 is 0 Å². The van der Waals surface area contributed by atoms with Crippen LogP contribution in [0.5, 0.6) is 0 Å². The number of ether oxygens (including phenoxy) is 1. The van der Waals surface area contributed by atoms with Gasteiger partial charge in [-0.3, -0.25) is 4.79 Å². The lowest BCUT2D eigenvalue weighted by Crippen LogP contribution is -2.37. The molecule has 0 aliphatic carbocycles. The average molecular weight is 565 g/mol. The molecule has 0 radical (unpaired) electrons. The summed E-state index contributed by atoms with van der Waals surface area (Å²) in [4.78, 5) is 19.6. The monoisotopic (exact) mass is 563 g/mol. The van der Waals surface area contributed by atoms with E-state index in [1.54, 1.807) is 64.2 Å². The Kier molecular flexibility index (Phi) is 8.95. The summed E-state index contributed by atoms with van der Waals surface area (Å²) < 4.78 is 34.4. The molecule has 198 valence electrons. The normalized spacial score (nSPS) is 15.9. The zero-order valence-corrected chi connectivity index (χ0v) is 23.3. The lowest BCUT2D eigenvalue weighted by atomic mass is 10.1. The van der Waals surface area contributed by atoms with Gasteiger partial charge < -0.3 is 14.2 Å². The van der Waals surface area contributed by atoms with Crippen LogP contribution in [0.15, 0.2) is 59.9 Å². The topological polar surface area (TPSA) is 81.5 Å². The number of hydrogen-bond acceptors (Lipinski definition) is 5. The number of carbonyl (C=O) groups is 1. The second kappa shape index (κ2) is 12.0. The Morgan fingerprint density at radius 3 is 2.54 bits per heavy atom. The smallest absolute Gasteiger partial charge is 0.254 e. The van der Waals surface area contributed by atoms with Crippen molar-refractivity contribution in [2.75, 3.05) is 13.2 Å². The van der Waals surface area contributed by atoms with Gasteiger partial charge in [0.05, 0.1) is 30.3 Å². The molecule has 3 aromatic rings. The summed E-state index contributed by atoms with van der Waals surface area (Å²) in [6.45, 7) is 5.72. The Labute approximate surface area is 228 Å². The second-order valence-electron chi connectivity index (χ2n) is 9.76. The van der Waals surface area contributed by atoms with Gasteiger partial charge in [-0.1, -0.05) is 55.2 Å². The van der Waals surface area contributed by atoms with Crippen LogP contribution in [-0.2, 0) is 33.4 Å². The summed E-state index contributed by atoms with van der Waals surface area (Å²) in [6, 6.07) is 13.6. The SMILES string of the molecule is CC(C)Cn1c(CN(CC2CCCO2)C(=O)c2cccc(Cl)c2)cnc1S(=O)(=O)Cc1cccc(Cl)c1.